The molecule has 1 fully saturated rings. The zero-order chi connectivity index (χ0) is 23.3. The number of sulfonamides is 1. The fourth-order valence-corrected chi connectivity index (χ4v) is 4.82. The SMILES string of the molecule is COc1ccc(S(=O)(=O)Nc2cccc(C(=O)N3CCCN(C(C)C)CC3)c2)cc1OC. The average molecular weight is 462 g/mol. The van der Waals surface area contributed by atoms with Crippen molar-refractivity contribution in [2.45, 2.75) is 31.2 Å². The Morgan fingerprint density at radius 2 is 1.72 bits per heavy atom. The molecule has 2 aromatic rings. The molecule has 0 aromatic heterocycles. The minimum absolute atomic E-state index is 0.0353. The van der Waals surface area contributed by atoms with E-state index < -0.39 is 10.0 Å². The van der Waals surface area contributed by atoms with E-state index in [9.17, 15) is 13.2 Å². The van der Waals surface area contributed by atoms with Gasteiger partial charge in [-0.15, -0.1) is 0 Å². The van der Waals surface area contributed by atoms with Crippen molar-refractivity contribution in [3.8, 4) is 11.5 Å². The Kier molecular flexibility index (Phi) is 7.63. The number of nitrogens with one attached hydrogen (secondary N) is 1. The fraction of sp³-hybridized carbons (Fsp3) is 0.435. The highest BCUT2D eigenvalue weighted by Gasteiger charge is 2.22. The van der Waals surface area contributed by atoms with Gasteiger partial charge in [0.15, 0.2) is 11.5 Å². The summed E-state index contributed by atoms with van der Waals surface area (Å²) < 4.78 is 38.7. The molecule has 1 amide bonds. The summed E-state index contributed by atoms with van der Waals surface area (Å²) in [5, 5.41) is 0. The van der Waals surface area contributed by atoms with Gasteiger partial charge >= 0.3 is 0 Å². The van der Waals surface area contributed by atoms with Gasteiger partial charge in [-0.05, 0) is 50.6 Å². The van der Waals surface area contributed by atoms with Crippen LogP contribution < -0.4 is 14.2 Å². The summed E-state index contributed by atoms with van der Waals surface area (Å²) in [5.74, 6) is 0.659. The van der Waals surface area contributed by atoms with Crippen molar-refractivity contribution in [3.05, 3.63) is 48.0 Å². The molecule has 0 aliphatic carbocycles. The Labute approximate surface area is 190 Å². The van der Waals surface area contributed by atoms with E-state index in [0.717, 1.165) is 19.5 Å². The van der Waals surface area contributed by atoms with Crippen LogP contribution in [0.25, 0.3) is 0 Å². The number of anilines is 1. The van der Waals surface area contributed by atoms with Crippen LogP contribution in [0.2, 0.25) is 0 Å². The van der Waals surface area contributed by atoms with E-state index in [1.165, 1.54) is 32.4 Å². The molecule has 3 rings (SSSR count). The Morgan fingerprint density at radius 1 is 0.969 bits per heavy atom. The Bertz CT molecular complexity index is 1060. The van der Waals surface area contributed by atoms with E-state index in [4.69, 9.17) is 9.47 Å². The number of hydrogen-bond acceptors (Lipinski definition) is 6. The van der Waals surface area contributed by atoms with Crippen LogP contribution in [0.5, 0.6) is 11.5 Å². The van der Waals surface area contributed by atoms with Gasteiger partial charge in [-0.2, -0.15) is 0 Å². The monoisotopic (exact) mass is 461 g/mol. The van der Waals surface area contributed by atoms with E-state index >= 15 is 0 Å². The maximum Gasteiger partial charge on any atom is 0.262 e. The lowest BCUT2D eigenvalue weighted by molar-refractivity contribution is 0.0759. The van der Waals surface area contributed by atoms with Crippen LogP contribution in [0, 0.1) is 0 Å². The highest BCUT2D eigenvalue weighted by Crippen LogP contribution is 2.30. The topological polar surface area (TPSA) is 88.2 Å². The molecule has 8 nitrogen and oxygen atoms in total. The quantitative estimate of drug-likeness (QED) is 0.682. The third-order valence-electron chi connectivity index (χ3n) is 5.58. The standard InChI is InChI=1S/C23H31N3O5S/c1-17(2)25-11-6-12-26(14-13-25)23(27)18-7-5-8-19(15-18)24-32(28,29)20-9-10-21(30-3)22(16-20)31-4/h5,7-10,15-17,24H,6,11-14H2,1-4H3. The van der Waals surface area contributed by atoms with Crippen molar-refractivity contribution in [2.75, 3.05) is 45.1 Å². The number of rotatable bonds is 7. The Hall–Kier alpha value is -2.78. The molecule has 1 heterocycles. The second-order valence-electron chi connectivity index (χ2n) is 7.98. The van der Waals surface area contributed by atoms with Crippen molar-refractivity contribution in [3.63, 3.8) is 0 Å². The third kappa shape index (κ3) is 5.52. The molecule has 1 saturated heterocycles. The molecule has 1 aliphatic rings. The zero-order valence-corrected chi connectivity index (χ0v) is 19.8. The molecule has 0 spiro atoms. The fourth-order valence-electron chi connectivity index (χ4n) is 3.75. The van der Waals surface area contributed by atoms with E-state index in [2.05, 4.69) is 23.5 Å². The number of nitrogens with zero attached hydrogens (tertiary/aromatic N) is 2. The van der Waals surface area contributed by atoms with Gasteiger partial charge in [-0.1, -0.05) is 6.07 Å². The minimum atomic E-state index is -3.88. The van der Waals surface area contributed by atoms with E-state index in [-0.39, 0.29) is 10.8 Å². The van der Waals surface area contributed by atoms with Crippen LogP contribution in [-0.2, 0) is 10.0 Å². The number of carbonyl (C=O) groups excluding carboxylic acids is 1. The predicted octanol–water partition coefficient (Wildman–Crippen LogP) is 3.06. The molecule has 1 N–H and O–H groups in total. The van der Waals surface area contributed by atoms with Gasteiger partial charge in [-0.25, -0.2) is 8.42 Å². The second kappa shape index (κ2) is 10.2. The number of hydrogen-bond donors (Lipinski definition) is 1. The van der Waals surface area contributed by atoms with Gasteiger partial charge in [0.25, 0.3) is 15.9 Å². The molecule has 32 heavy (non-hydrogen) atoms. The summed E-state index contributed by atoms with van der Waals surface area (Å²) in [5.41, 5.74) is 0.778. The summed E-state index contributed by atoms with van der Waals surface area (Å²) in [6.45, 7) is 7.45. The molecule has 0 unspecified atom stereocenters. The van der Waals surface area contributed by atoms with Crippen molar-refractivity contribution in [1.82, 2.24) is 9.80 Å². The smallest absolute Gasteiger partial charge is 0.262 e. The summed E-state index contributed by atoms with van der Waals surface area (Å²) in [6.07, 6.45) is 0.912. The summed E-state index contributed by atoms with van der Waals surface area (Å²) in [4.78, 5) is 17.3. The number of ether oxygens (including phenoxy) is 2. The lowest BCUT2D eigenvalue weighted by Crippen LogP contribution is -2.37. The molecule has 0 saturated carbocycles. The van der Waals surface area contributed by atoms with E-state index in [0.29, 0.717) is 41.9 Å². The number of carbonyl (C=O) groups is 1. The first-order chi connectivity index (χ1) is 15.2. The van der Waals surface area contributed by atoms with E-state index in [1.807, 2.05) is 4.90 Å². The first-order valence-corrected chi connectivity index (χ1v) is 12.1. The van der Waals surface area contributed by atoms with E-state index in [1.54, 1.807) is 24.3 Å². The summed E-state index contributed by atoms with van der Waals surface area (Å²) in [6, 6.07) is 11.4. The average Bonchev–Trinajstić information content (AvgIpc) is 3.04. The minimum Gasteiger partial charge on any atom is -0.493 e. The zero-order valence-electron chi connectivity index (χ0n) is 19.0. The highest BCUT2D eigenvalue weighted by molar-refractivity contribution is 7.92. The van der Waals surface area contributed by atoms with Crippen LogP contribution in [-0.4, -0.2) is 70.6 Å². The molecule has 2 aromatic carbocycles. The van der Waals surface area contributed by atoms with Crippen molar-refractivity contribution in [2.24, 2.45) is 0 Å². The molecular formula is C23H31N3O5S. The molecule has 0 radical (unpaired) electrons. The van der Waals surface area contributed by atoms with Crippen LogP contribution in [0.3, 0.4) is 0 Å². The molecular weight excluding hydrogens is 430 g/mol. The third-order valence-corrected chi connectivity index (χ3v) is 6.95. The Balaban J connectivity index is 1.76. The summed E-state index contributed by atoms with van der Waals surface area (Å²) in [7, 11) is -0.950. The molecule has 9 heteroatoms. The predicted molar refractivity (Wildman–Crippen MR) is 124 cm³/mol. The van der Waals surface area contributed by atoms with Crippen molar-refractivity contribution < 1.29 is 22.7 Å². The first kappa shape index (κ1) is 23.9. The number of benzene rings is 2. The van der Waals surface area contributed by atoms with Gasteiger partial charge in [0, 0.05) is 49.5 Å². The normalized spacial score (nSPS) is 15.3. The largest absolute Gasteiger partial charge is 0.493 e. The molecule has 0 atom stereocenters. The van der Waals surface area contributed by atoms with Crippen LogP contribution in [0.1, 0.15) is 30.6 Å². The first-order valence-electron chi connectivity index (χ1n) is 10.6. The second-order valence-corrected chi connectivity index (χ2v) is 9.66. The van der Waals surface area contributed by atoms with Gasteiger partial charge in [0.1, 0.15) is 0 Å². The Morgan fingerprint density at radius 3 is 2.41 bits per heavy atom. The molecule has 0 bridgehead atoms. The van der Waals surface area contributed by atoms with Crippen LogP contribution in [0.4, 0.5) is 5.69 Å². The maximum atomic E-state index is 13.1. The summed E-state index contributed by atoms with van der Waals surface area (Å²) >= 11 is 0. The number of methoxy groups -OCH3 is 2. The lowest BCUT2D eigenvalue weighted by Gasteiger charge is -2.25. The number of amides is 1. The van der Waals surface area contributed by atoms with Gasteiger partial charge in [0.2, 0.25) is 0 Å². The van der Waals surface area contributed by atoms with Gasteiger partial charge < -0.3 is 14.4 Å². The maximum absolute atomic E-state index is 13.1. The highest BCUT2D eigenvalue weighted by atomic mass is 32.2. The molecule has 174 valence electrons. The van der Waals surface area contributed by atoms with Crippen LogP contribution >= 0.6 is 0 Å². The van der Waals surface area contributed by atoms with Crippen molar-refractivity contribution >= 4 is 21.6 Å². The lowest BCUT2D eigenvalue weighted by atomic mass is 10.1. The van der Waals surface area contributed by atoms with Gasteiger partial charge in [0.05, 0.1) is 19.1 Å². The van der Waals surface area contributed by atoms with Gasteiger partial charge in [-0.3, -0.25) is 14.4 Å². The molecule has 1 aliphatic heterocycles. The van der Waals surface area contributed by atoms with Crippen molar-refractivity contribution in [1.29, 1.82) is 0 Å². The van der Waals surface area contributed by atoms with Crippen LogP contribution in [0.15, 0.2) is 47.4 Å².